The van der Waals surface area contributed by atoms with Gasteiger partial charge < -0.3 is 14.9 Å². The van der Waals surface area contributed by atoms with Gasteiger partial charge in [0.2, 0.25) is 0 Å². The van der Waals surface area contributed by atoms with E-state index in [1.54, 1.807) is 0 Å². The zero-order chi connectivity index (χ0) is 9.14. The molecule has 2 radical (unpaired) electrons. The van der Waals surface area contributed by atoms with Crippen molar-refractivity contribution in [1.29, 1.82) is 0 Å². The fourth-order valence-corrected chi connectivity index (χ4v) is 0.831. The van der Waals surface area contributed by atoms with Crippen molar-refractivity contribution in [3.05, 3.63) is 23.8 Å². The Bertz CT molecular complexity index is 294. The first-order valence-electron chi connectivity index (χ1n) is 3.25. The van der Waals surface area contributed by atoms with E-state index < -0.39 is 5.97 Å². The predicted molar refractivity (Wildman–Crippen MR) is 52.6 cm³/mol. The summed E-state index contributed by atoms with van der Waals surface area (Å²) in [5, 5.41) is 17.9. The molecule has 0 aliphatic rings. The summed E-state index contributed by atoms with van der Waals surface area (Å²) in [5.41, 5.74) is 0.120. The van der Waals surface area contributed by atoms with Crippen LogP contribution >= 0.6 is 0 Å². The van der Waals surface area contributed by atoms with Gasteiger partial charge in [0.05, 0.1) is 12.7 Å². The summed E-state index contributed by atoms with van der Waals surface area (Å²) in [4.78, 5) is 10.9. The van der Waals surface area contributed by atoms with Crippen LogP contribution in [0.2, 0.25) is 0 Å². The van der Waals surface area contributed by atoms with Crippen molar-refractivity contribution in [1.82, 2.24) is 0 Å². The Morgan fingerprint density at radius 3 is 1.93 bits per heavy atom. The van der Waals surface area contributed by atoms with Crippen LogP contribution in [0.1, 0.15) is 10.4 Å². The van der Waals surface area contributed by atoms with Crippen molar-refractivity contribution >= 4 is 109 Å². The number of phenols is 2. The number of esters is 1. The number of carbonyl (C=O) groups excluding carboxylic acids is 1. The zero-order valence-electron chi connectivity index (χ0n) is 8.44. The van der Waals surface area contributed by atoms with Crippen LogP contribution in [0, 0.1) is 0 Å². The minimum Gasteiger partial charge on any atom is -0.508 e. The molecular formula is C8H8K2O4. The number of rotatable bonds is 1. The van der Waals surface area contributed by atoms with Gasteiger partial charge in [0, 0.05) is 109 Å². The van der Waals surface area contributed by atoms with E-state index >= 15 is 0 Å². The number of carbonyl (C=O) groups is 1. The van der Waals surface area contributed by atoms with Gasteiger partial charge in [-0.3, -0.25) is 0 Å². The molecule has 0 fully saturated rings. The van der Waals surface area contributed by atoms with Gasteiger partial charge in [0.15, 0.2) is 0 Å². The van der Waals surface area contributed by atoms with E-state index in [1.807, 2.05) is 0 Å². The van der Waals surface area contributed by atoms with E-state index in [1.165, 1.54) is 19.2 Å². The van der Waals surface area contributed by atoms with E-state index in [4.69, 9.17) is 10.2 Å². The third kappa shape index (κ3) is 5.59. The summed E-state index contributed by atoms with van der Waals surface area (Å²) >= 11 is 0. The quantitative estimate of drug-likeness (QED) is 0.546. The summed E-state index contributed by atoms with van der Waals surface area (Å²) < 4.78 is 4.39. The van der Waals surface area contributed by atoms with E-state index in [9.17, 15) is 4.79 Å². The van der Waals surface area contributed by atoms with E-state index in [-0.39, 0.29) is 120 Å². The Balaban J connectivity index is 0. The summed E-state index contributed by atoms with van der Waals surface area (Å²) in [6.07, 6.45) is 0. The summed E-state index contributed by atoms with van der Waals surface area (Å²) in [6.45, 7) is 0. The zero-order valence-corrected chi connectivity index (χ0v) is 14.7. The number of phenolic OH excluding ortho intramolecular Hbond substituents is 2. The van der Waals surface area contributed by atoms with Crippen molar-refractivity contribution in [2.24, 2.45) is 0 Å². The van der Waals surface area contributed by atoms with Crippen molar-refractivity contribution in [2.45, 2.75) is 0 Å². The van der Waals surface area contributed by atoms with Gasteiger partial charge in [-0.1, -0.05) is 0 Å². The summed E-state index contributed by atoms with van der Waals surface area (Å²) in [7, 11) is 1.23. The molecule has 0 aliphatic carbocycles. The molecule has 1 rings (SSSR count). The molecule has 2 N–H and O–H groups in total. The van der Waals surface area contributed by atoms with E-state index in [2.05, 4.69) is 4.74 Å². The van der Waals surface area contributed by atoms with Gasteiger partial charge >= 0.3 is 5.97 Å². The molecule has 0 saturated heterocycles. The number of hydrogen-bond donors (Lipinski definition) is 2. The maximum absolute atomic E-state index is 10.9. The van der Waals surface area contributed by atoms with Crippen molar-refractivity contribution in [3.8, 4) is 11.5 Å². The molecule has 0 aromatic heterocycles. The van der Waals surface area contributed by atoms with Crippen molar-refractivity contribution in [3.63, 3.8) is 0 Å². The molecule has 0 saturated carbocycles. The van der Waals surface area contributed by atoms with Gasteiger partial charge in [-0.05, 0) is 12.1 Å². The minimum absolute atomic E-state index is 0. The molecule has 0 amide bonds. The van der Waals surface area contributed by atoms with Crippen LogP contribution in [0.5, 0.6) is 11.5 Å². The number of methoxy groups -OCH3 is 1. The molecule has 0 aliphatic heterocycles. The first-order valence-corrected chi connectivity index (χ1v) is 3.25. The Morgan fingerprint density at radius 1 is 1.14 bits per heavy atom. The summed E-state index contributed by atoms with van der Waals surface area (Å²) in [6, 6.07) is 3.56. The Labute approximate surface area is 167 Å². The number of aromatic hydroxyl groups is 2. The number of benzene rings is 1. The minimum atomic E-state index is -0.596. The molecule has 0 atom stereocenters. The second-order valence-corrected chi connectivity index (χ2v) is 2.23. The second-order valence-electron chi connectivity index (χ2n) is 2.23. The third-order valence-electron chi connectivity index (χ3n) is 1.32. The first kappa shape index (κ1) is 17.9. The van der Waals surface area contributed by atoms with Crippen molar-refractivity contribution < 1.29 is 19.7 Å². The Hall–Kier alpha value is 1.56. The molecule has 66 valence electrons. The average molecular weight is 246 g/mol. The van der Waals surface area contributed by atoms with Crippen LogP contribution in [0.4, 0.5) is 0 Å². The molecule has 0 spiro atoms. The molecular weight excluding hydrogens is 238 g/mol. The average Bonchev–Trinajstić information content (AvgIpc) is 2.01. The molecule has 6 heteroatoms. The monoisotopic (exact) mass is 246 g/mol. The van der Waals surface area contributed by atoms with Crippen LogP contribution in [-0.2, 0) is 4.74 Å². The molecule has 14 heavy (non-hydrogen) atoms. The van der Waals surface area contributed by atoms with E-state index in [0.29, 0.717) is 0 Å². The predicted octanol–water partition coefficient (Wildman–Crippen LogP) is 0.123. The normalized spacial score (nSPS) is 8.07. The van der Waals surface area contributed by atoms with Crippen LogP contribution in [-0.4, -0.2) is 126 Å². The topological polar surface area (TPSA) is 66.8 Å². The molecule has 4 nitrogen and oxygen atoms in total. The fraction of sp³-hybridized carbons (Fsp3) is 0.125. The third-order valence-corrected chi connectivity index (χ3v) is 1.32. The van der Waals surface area contributed by atoms with Gasteiger partial charge in [0.25, 0.3) is 0 Å². The largest absolute Gasteiger partial charge is 0.508 e. The standard InChI is InChI=1S/C8H8O4.2K/c1-12-8(11)5-2-6(9)4-7(10)3-5;;/h2-4,9-10H,1H3;;. The maximum atomic E-state index is 10.9. The van der Waals surface area contributed by atoms with Gasteiger partial charge in [-0.25, -0.2) is 4.79 Å². The molecule has 0 heterocycles. The smallest absolute Gasteiger partial charge is 0.338 e. The van der Waals surface area contributed by atoms with Gasteiger partial charge in [0.1, 0.15) is 11.5 Å². The number of hydrogen-bond acceptors (Lipinski definition) is 4. The van der Waals surface area contributed by atoms with Crippen LogP contribution in [0.25, 0.3) is 0 Å². The number of ether oxygens (including phenoxy) is 1. The first-order chi connectivity index (χ1) is 5.63. The van der Waals surface area contributed by atoms with E-state index in [0.717, 1.165) is 6.07 Å². The fourth-order valence-electron chi connectivity index (χ4n) is 0.831. The van der Waals surface area contributed by atoms with Crippen LogP contribution in [0.15, 0.2) is 18.2 Å². The molecule has 0 unspecified atom stereocenters. The summed E-state index contributed by atoms with van der Waals surface area (Å²) in [5.74, 6) is -0.938. The van der Waals surface area contributed by atoms with Crippen LogP contribution in [0.3, 0.4) is 0 Å². The van der Waals surface area contributed by atoms with Gasteiger partial charge in [-0.2, -0.15) is 0 Å². The van der Waals surface area contributed by atoms with Gasteiger partial charge in [-0.15, -0.1) is 0 Å². The Morgan fingerprint density at radius 2 is 1.57 bits per heavy atom. The SMILES string of the molecule is COC(=O)c1cc(O)cc(O)c1.[K].[K]. The maximum Gasteiger partial charge on any atom is 0.338 e. The van der Waals surface area contributed by atoms with Crippen molar-refractivity contribution in [2.75, 3.05) is 7.11 Å². The molecule has 0 bridgehead atoms. The van der Waals surface area contributed by atoms with Crippen LogP contribution < -0.4 is 0 Å². The Kier molecular flexibility index (Phi) is 11.1. The second kappa shape index (κ2) is 8.68. The molecule has 1 aromatic carbocycles. The molecule has 1 aromatic rings.